The summed E-state index contributed by atoms with van der Waals surface area (Å²) in [6.45, 7) is 0. The quantitative estimate of drug-likeness (QED) is 0.651. The molecule has 2 aromatic rings. The molecule has 0 aromatic heterocycles. The Kier molecular flexibility index (Phi) is 3.64. The smallest absolute Gasteiger partial charge is 0.134 e. The summed E-state index contributed by atoms with van der Waals surface area (Å²) < 4.78 is 40.2. The van der Waals surface area contributed by atoms with Crippen LogP contribution in [-0.2, 0) is 0 Å². The molecule has 94 valence electrons. The average molecular weight is 252 g/mol. The third kappa shape index (κ3) is 2.37. The number of rotatable bonds is 3. The van der Waals surface area contributed by atoms with Crippen molar-refractivity contribution in [2.75, 3.05) is 0 Å². The lowest BCUT2D eigenvalue weighted by molar-refractivity contribution is 0.492. The van der Waals surface area contributed by atoms with Crippen LogP contribution in [0.3, 0.4) is 0 Å². The van der Waals surface area contributed by atoms with Crippen molar-refractivity contribution >= 4 is 0 Å². The van der Waals surface area contributed by atoms with E-state index in [2.05, 4.69) is 5.43 Å². The van der Waals surface area contributed by atoms with E-state index in [-0.39, 0.29) is 5.56 Å². The van der Waals surface area contributed by atoms with Gasteiger partial charge in [0.05, 0.1) is 6.04 Å². The minimum atomic E-state index is -0.973. The highest BCUT2D eigenvalue weighted by atomic mass is 19.1. The number of benzene rings is 2. The van der Waals surface area contributed by atoms with Crippen molar-refractivity contribution in [1.82, 2.24) is 5.43 Å². The Morgan fingerprint density at radius 3 is 2.00 bits per heavy atom. The largest absolute Gasteiger partial charge is 0.271 e. The van der Waals surface area contributed by atoms with Crippen LogP contribution in [0.5, 0.6) is 0 Å². The maximum Gasteiger partial charge on any atom is 0.134 e. The molecule has 0 fully saturated rings. The molecule has 18 heavy (non-hydrogen) atoms. The molecule has 1 unspecified atom stereocenters. The zero-order valence-electron chi connectivity index (χ0n) is 9.33. The Hall–Kier alpha value is -1.85. The molecule has 0 saturated heterocycles. The van der Waals surface area contributed by atoms with Crippen molar-refractivity contribution in [3.8, 4) is 0 Å². The highest BCUT2D eigenvalue weighted by Gasteiger charge is 2.21. The molecule has 0 aliphatic carbocycles. The molecule has 0 bridgehead atoms. The zero-order valence-corrected chi connectivity index (χ0v) is 9.33. The minimum Gasteiger partial charge on any atom is -0.271 e. The third-order valence-electron chi connectivity index (χ3n) is 2.63. The first-order chi connectivity index (χ1) is 8.63. The Morgan fingerprint density at radius 2 is 1.50 bits per heavy atom. The van der Waals surface area contributed by atoms with E-state index >= 15 is 0 Å². The Bertz CT molecular complexity index is 520. The SMILES string of the molecule is NNC(c1ccccc1)c1c(F)cc(F)cc1F. The summed E-state index contributed by atoms with van der Waals surface area (Å²) in [5.41, 5.74) is 2.62. The lowest BCUT2D eigenvalue weighted by Gasteiger charge is -2.18. The third-order valence-corrected chi connectivity index (χ3v) is 2.63. The maximum atomic E-state index is 13.7. The Balaban J connectivity index is 2.52. The van der Waals surface area contributed by atoms with E-state index in [1.54, 1.807) is 30.3 Å². The van der Waals surface area contributed by atoms with Gasteiger partial charge in [0.25, 0.3) is 0 Å². The van der Waals surface area contributed by atoms with Crippen LogP contribution < -0.4 is 11.3 Å². The normalized spacial score (nSPS) is 12.4. The lowest BCUT2D eigenvalue weighted by Crippen LogP contribution is -2.30. The molecule has 2 aromatic carbocycles. The van der Waals surface area contributed by atoms with Crippen LogP contribution >= 0.6 is 0 Å². The summed E-state index contributed by atoms with van der Waals surface area (Å²) in [4.78, 5) is 0. The summed E-state index contributed by atoms with van der Waals surface area (Å²) in [6, 6.07) is 8.95. The van der Waals surface area contributed by atoms with E-state index in [1.165, 1.54) is 0 Å². The molecule has 1 atom stereocenters. The van der Waals surface area contributed by atoms with Crippen molar-refractivity contribution in [2.24, 2.45) is 5.84 Å². The first-order valence-corrected chi connectivity index (χ1v) is 5.29. The van der Waals surface area contributed by atoms with Crippen molar-refractivity contribution in [1.29, 1.82) is 0 Å². The van der Waals surface area contributed by atoms with Crippen LogP contribution in [-0.4, -0.2) is 0 Å². The molecule has 3 N–H and O–H groups in total. The van der Waals surface area contributed by atoms with Gasteiger partial charge >= 0.3 is 0 Å². The fourth-order valence-corrected chi connectivity index (χ4v) is 1.82. The summed E-state index contributed by atoms with van der Waals surface area (Å²) in [6.07, 6.45) is 0. The van der Waals surface area contributed by atoms with Crippen LogP contribution in [0.1, 0.15) is 17.2 Å². The van der Waals surface area contributed by atoms with E-state index in [1.807, 2.05) is 0 Å². The average Bonchev–Trinajstić information content (AvgIpc) is 2.34. The number of halogens is 3. The molecule has 5 heteroatoms. The van der Waals surface area contributed by atoms with Crippen LogP contribution in [0.25, 0.3) is 0 Å². The molecule has 0 radical (unpaired) electrons. The van der Waals surface area contributed by atoms with Crippen molar-refractivity contribution < 1.29 is 13.2 Å². The Morgan fingerprint density at radius 1 is 0.944 bits per heavy atom. The summed E-state index contributed by atoms with van der Waals surface area (Å²) in [5, 5.41) is 0. The maximum absolute atomic E-state index is 13.7. The number of hydrogen-bond acceptors (Lipinski definition) is 2. The van der Waals surface area contributed by atoms with Crippen molar-refractivity contribution in [2.45, 2.75) is 6.04 Å². The number of hydrazine groups is 1. The van der Waals surface area contributed by atoms with Gasteiger partial charge in [-0.15, -0.1) is 0 Å². The van der Waals surface area contributed by atoms with E-state index in [0.29, 0.717) is 17.7 Å². The van der Waals surface area contributed by atoms with Gasteiger partial charge in [-0.25, -0.2) is 18.6 Å². The molecule has 0 spiro atoms. The summed E-state index contributed by atoms with van der Waals surface area (Å²) in [7, 11) is 0. The van der Waals surface area contributed by atoms with Crippen LogP contribution in [0.15, 0.2) is 42.5 Å². The van der Waals surface area contributed by atoms with Gasteiger partial charge in [-0.05, 0) is 5.56 Å². The molecule has 0 saturated carbocycles. The van der Waals surface area contributed by atoms with Gasteiger partial charge in [-0.1, -0.05) is 30.3 Å². The highest BCUT2D eigenvalue weighted by Crippen LogP contribution is 2.26. The van der Waals surface area contributed by atoms with Crippen LogP contribution in [0.4, 0.5) is 13.2 Å². The van der Waals surface area contributed by atoms with Gasteiger partial charge < -0.3 is 0 Å². The number of hydrogen-bond donors (Lipinski definition) is 2. The van der Waals surface area contributed by atoms with Gasteiger partial charge in [-0.3, -0.25) is 5.84 Å². The molecule has 0 heterocycles. The van der Waals surface area contributed by atoms with Crippen LogP contribution in [0.2, 0.25) is 0 Å². The Labute approximate surface area is 102 Å². The van der Waals surface area contributed by atoms with Crippen molar-refractivity contribution in [3.05, 3.63) is 71.0 Å². The monoisotopic (exact) mass is 252 g/mol. The molecule has 0 amide bonds. The summed E-state index contributed by atoms with van der Waals surface area (Å²) in [5.74, 6) is 2.43. The van der Waals surface area contributed by atoms with E-state index in [4.69, 9.17) is 5.84 Å². The lowest BCUT2D eigenvalue weighted by atomic mass is 9.98. The van der Waals surface area contributed by atoms with Gasteiger partial charge in [0.2, 0.25) is 0 Å². The van der Waals surface area contributed by atoms with Gasteiger partial charge in [-0.2, -0.15) is 0 Å². The van der Waals surface area contributed by atoms with Crippen LogP contribution in [0, 0.1) is 17.5 Å². The molecule has 2 nitrogen and oxygen atoms in total. The minimum absolute atomic E-state index is 0.301. The molecule has 0 aliphatic heterocycles. The molecular weight excluding hydrogens is 241 g/mol. The van der Waals surface area contributed by atoms with Crippen molar-refractivity contribution in [3.63, 3.8) is 0 Å². The summed E-state index contributed by atoms with van der Waals surface area (Å²) >= 11 is 0. The first-order valence-electron chi connectivity index (χ1n) is 5.29. The van der Waals surface area contributed by atoms with Gasteiger partial charge in [0.1, 0.15) is 17.5 Å². The second-order valence-electron chi connectivity index (χ2n) is 3.79. The van der Waals surface area contributed by atoms with Gasteiger partial charge in [0.15, 0.2) is 0 Å². The fourth-order valence-electron chi connectivity index (χ4n) is 1.82. The van der Waals surface area contributed by atoms with E-state index in [0.717, 1.165) is 0 Å². The second kappa shape index (κ2) is 5.20. The fraction of sp³-hybridized carbons (Fsp3) is 0.0769. The van der Waals surface area contributed by atoms with E-state index < -0.39 is 23.5 Å². The van der Waals surface area contributed by atoms with E-state index in [9.17, 15) is 13.2 Å². The first kappa shape index (κ1) is 12.6. The molecule has 2 rings (SSSR count). The predicted octanol–water partition coefficient (Wildman–Crippen LogP) is 2.66. The number of nitrogens with two attached hydrogens (primary N) is 1. The standard InChI is InChI=1S/C13H11F3N2/c14-9-6-10(15)12(11(16)7-9)13(18-17)8-4-2-1-3-5-8/h1-7,13,18H,17H2. The highest BCUT2D eigenvalue weighted by molar-refractivity contribution is 5.33. The second-order valence-corrected chi connectivity index (χ2v) is 3.79. The zero-order chi connectivity index (χ0) is 13.1. The number of nitrogens with one attached hydrogen (secondary N) is 1. The molecular formula is C13H11F3N2. The topological polar surface area (TPSA) is 38.0 Å². The predicted molar refractivity (Wildman–Crippen MR) is 61.9 cm³/mol. The van der Waals surface area contributed by atoms with Gasteiger partial charge in [0, 0.05) is 17.7 Å². The molecule has 0 aliphatic rings.